The van der Waals surface area contributed by atoms with E-state index in [1.165, 1.54) is 6.92 Å². The van der Waals surface area contributed by atoms with Crippen LogP contribution in [0.15, 0.2) is 18.5 Å². The van der Waals surface area contributed by atoms with Gasteiger partial charge in [0, 0.05) is 12.4 Å². The van der Waals surface area contributed by atoms with Crippen LogP contribution in [0.4, 0.5) is 0 Å². The average molecular weight is 182 g/mol. The number of hydrogen-bond donors (Lipinski definition) is 1. The molecule has 0 aliphatic carbocycles. The van der Waals surface area contributed by atoms with Crippen molar-refractivity contribution >= 4 is 5.97 Å². The molecule has 5 nitrogen and oxygen atoms in total. The van der Waals surface area contributed by atoms with E-state index in [-0.39, 0.29) is 6.61 Å². The van der Waals surface area contributed by atoms with Gasteiger partial charge < -0.3 is 9.84 Å². The van der Waals surface area contributed by atoms with Gasteiger partial charge in [-0.1, -0.05) is 0 Å². The minimum Gasteiger partial charge on any atom is -0.479 e. The monoisotopic (exact) mass is 182 g/mol. The van der Waals surface area contributed by atoms with Crippen molar-refractivity contribution in [1.29, 1.82) is 0 Å². The number of carboxylic acids is 1. The van der Waals surface area contributed by atoms with Gasteiger partial charge in [0.25, 0.3) is 0 Å². The number of hydrogen-bond acceptors (Lipinski definition) is 4. The first kappa shape index (κ1) is 9.60. The van der Waals surface area contributed by atoms with Gasteiger partial charge in [0.2, 0.25) is 0 Å². The van der Waals surface area contributed by atoms with Crippen molar-refractivity contribution in [1.82, 2.24) is 9.97 Å². The predicted octanol–water partition coefficient (Wildman–Crippen LogP) is 0.466. The number of nitrogens with zero attached hydrogens (tertiary/aromatic N) is 2. The van der Waals surface area contributed by atoms with E-state index >= 15 is 0 Å². The van der Waals surface area contributed by atoms with Crippen molar-refractivity contribution in [3.63, 3.8) is 0 Å². The Bertz CT molecular complexity index is 276. The summed E-state index contributed by atoms with van der Waals surface area (Å²) in [5.74, 6) is -0.508. The molecule has 70 valence electrons. The number of rotatable bonds is 4. The summed E-state index contributed by atoms with van der Waals surface area (Å²) in [6.45, 7) is 1.58. The smallest absolute Gasteiger partial charge is 0.332 e. The van der Waals surface area contributed by atoms with Gasteiger partial charge in [0.15, 0.2) is 11.9 Å². The molecule has 0 bridgehead atoms. The van der Waals surface area contributed by atoms with Crippen LogP contribution >= 0.6 is 0 Å². The third-order valence-corrected chi connectivity index (χ3v) is 1.43. The van der Waals surface area contributed by atoms with Crippen molar-refractivity contribution in [2.75, 3.05) is 0 Å². The van der Waals surface area contributed by atoms with Crippen LogP contribution in [0.25, 0.3) is 0 Å². The van der Waals surface area contributed by atoms with Gasteiger partial charge in [-0.2, -0.15) is 0 Å². The van der Waals surface area contributed by atoms with Crippen LogP contribution in [0.1, 0.15) is 12.7 Å². The van der Waals surface area contributed by atoms with E-state index in [1.54, 1.807) is 18.5 Å². The molecule has 0 aromatic carbocycles. The van der Waals surface area contributed by atoms with Crippen LogP contribution in [0, 0.1) is 0 Å². The van der Waals surface area contributed by atoms with Crippen molar-refractivity contribution < 1.29 is 14.6 Å². The summed E-state index contributed by atoms with van der Waals surface area (Å²) >= 11 is 0. The summed E-state index contributed by atoms with van der Waals surface area (Å²) in [7, 11) is 0. The Morgan fingerprint density at radius 2 is 2.23 bits per heavy atom. The minimum atomic E-state index is -0.990. The molecule has 0 saturated heterocycles. The minimum absolute atomic E-state index is 0.119. The van der Waals surface area contributed by atoms with Crippen molar-refractivity contribution in [2.45, 2.75) is 19.6 Å². The maximum Gasteiger partial charge on any atom is 0.332 e. The molecule has 0 aliphatic rings. The molecule has 0 fully saturated rings. The average Bonchev–Trinajstić information content (AvgIpc) is 2.15. The van der Waals surface area contributed by atoms with Crippen LogP contribution in [0.3, 0.4) is 0 Å². The number of carboxylic acid groups (broad SMARTS) is 1. The van der Waals surface area contributed by atoms with Crippen LogP contribution < -0.4 is 0 Å². The zero-order valence-electron chi connectivity index (χ0n) is 7.17. The number of carbonyl (C=O) groups is 1. The summed E-state index contributed by atoms with van der Waals surface area (Å²) in [5, 5.41) is 8.49. The van der Waals surface area contributed by atoms with E-state index in [9.17, 15) is 4.79 Å². The van der Waals surface area contributed by atoms with Gasteiger partial charge in [-0.3, -0.25) is 0 Å². The Kier molecular flexibility index (Phi) is 3.33. The Morgan fingerprint density at radius 1 is 1.62 bits per heavy atom. The normalized spacial score (nSPS) is 12.4. The summed E-state index contributed by atoms with van der Waals surface area (Å²) < 4.78 is 4.96. The van der Waals surface area contributed by atoms with Gasteiger partial charge >= 0.3 is 5.97 Å². The van der Waals surface area contributed by atoms with Crippen LogP contribution in [-0.4, -0.2) is 27.1 Å². The maximum atomic E-state index is 10.4. The first-order valence-corrected chi connectivity index (χ1v) is 3.80. The molecule has 1 rings (SSSR count). The molecule has 1 atom stereocenters. The molecule has 1 aromatic heterocycles. The van der Waals surface area contributed by atoms with E-state index < -0.39 is 12.1 Å². The molecule has 1 N–H and O–H groups in total. The molecule has 0 radical (unpaired) electrons. The topological polar surface area (TPSA) is 72.3 Å². The fourth-order valence-corrected chi connectivity index (χ4v) is 0.675. The lowest BCUT2D eigenvalue weighted by molar-refractivity contribution is -0.150. The zero-order chi connectivity index (χ0) is 9.68. The summed E-state index contributed by atoms with van der Waals surface area (Å²) in [6.07, 6.45) is 2.33. The van der Waals surface area contributed by atoms with Gasteiger partial charge in [-0.25, -0.2) is 14.8 Å². The van der Waals surface area contributed by atoms with Gasteiger partial charge in [0.1, 0.15) is 6.61 Å². The first-order valence-electron chi connectivity index (χ1n) is 3.80. The third-order valence-electron chi connectivity index (χ3n) is 1.43. The molecule has 0 spiro atoms. The molecule has 0 saturated carbocycles. The van der Waals surface area contributed by atoms with E-state index in [0.29, 0.717) is 5.82 Å². The van der Waals surface area contributed by atoms with E-state index in [2.05, 4.69) is 9.97 Å². The Morgan fingerprint density at radius 3 is 2.77 bits per heavy atom. The molecule has 0 aliphatic heterocycles. The second kappa shape index (κ2) is 4.51. The number of ether oxygens (including phenoxy) is 1. The lowest BCUT2D eigenvalue weighted by atomic mass is 10.4. The molecule has 13 heavy (non-hydrogen) atoms. The SMILES string of the molecule is CC(OCc1ncccn1)C(=O)O. The third kappa shape index (κ3) is 3.16. The van der Waals surface area contributed by atoms with Crippen molar-refractivity contribution in [2.24, 2.45) is 0 Å². The van der Waals surface area contributed by atoms with Gasteiger partial charge in [0.05, 0.1) is 0 Å². The fraction of sp³-hybridized carbons (Fsp3) is 0.375. The number of aliphatic carboxylic acids is 1. The zero-order valence-corrected chi connectivity index (χ0v) is 7.17. The molecule has 1 unspecified atom stereocenters. The predicted molar refractivity (Wildman–Crippen MR) is 43.9 cm³/mol. The largest absolute Gasteiger partial charge is 0.479 e. The van der Waals surface area contributed by atoms with E-state index in [4.69, 9.17) is 9.84 Å². The Hall–Kier alpha value is -1.49. The molecule has 0 amide bonds. The molecular weight excluding hydrogens is 172 g/mol. The second-order valence-electron chi connectivity index (χ2n) is 2.46. The highest BCUT2D eigenvalue weighted by atomic mass is 16.5. The second-order valence-corrected chi connectivity index (χ2v) is 2.46. The highest BCUT2D eigenvalue weighted by Crippen LogP contribution is 1.96. The summed E-state index contributed by atoms with van der Waals surface area (Å²) in [5.41, 5.74) is 0. The van der Waals surface area contributed by atoms with Crippen molar-refractivity contribution in [3.05, 3.63) is 24.3 Å². The van der Waals surface area contributed by atoms with E-state index in [0.717, 1.165) is 0 Å². The van der Waals surface area contributed by atoms with Gasteiger partial charge in [-0.15, -0.1) is 0 Å². The van der Waals surface area contributed by atoms with Crippen molar-refractivity contribution in [3.8, 4) is 0 Å². The van der Waals surface area contributed by atoms with Crippen LogP contribution in [0.5, 0.6) is 0 Å². The maximum absolute atomic E-state index is 10.4. The number of aromatic nitrogens is 2. The van der Waals surface area contributed by atoms with Gasteiger partial charge in [-0.05, 0) is 13.0 Å². The van der Waals surface area contributed by atoms with Crippen LogP contribution in [-0.2, 0) is 16.1 Å². The Balaban J connectivity index is 2.39. The van der Waals surface area contributed by atoms with Crippen LogP contribution in [0.2, 0.25) is 0 Å². The standard InChI is InChI=1S/C8H10N2O3/c1-6(8(11)12)13-5-7-9-3-2-4-10-7/h2-4,6H,5H2,1H3,(H,11,12). The summed E-state index contributed by atoms with van der Waals surface area (Å²) in [6, 6.07) is 1.68. The molecule has 1 aromatic rings. The molecule has 1 heterocycles. The summed E-state index contributed by atoms with van der Waals surface area (Å²) in [4.78, 5) is 18.1. The molecule has 5 heteroatoms. The fourth-order valence-electron chi connectivity index (χ4n) is 0.675. The van der Waals surface area contributed by atoms with E-state index in [1.807, 2.05) is 0 Å². The Labute approximate surface area is 75.4 Å². The lowest BCUT2D eigenvalue weighted by Gasteiger charge is -2.06. The lowest BCUT2D eigenvalue weighted by Crippen LogP contribution is -2.20. The molecular formula is C8H10N2O3. The highest BCUT2D eigenvalue weighted by Gasteiger charge is 2.11. The quantitative estimate of drug-likeness (QED) is 0.732. The highest BCUT2D eigenvalue weighted by molar-refractivity contribution is 5.71. The first-order chi connectivity index (χ1) is 6.20.